The van der Waals surface area contributed by atoms with Crippen LogP contribution in [0.5, 0.6) is 0 Å². The Labute approximate surface area is 139 Å². The van der Waals surface area contributed by atoms with E-state index < -0.39 is 15.9 Å². The minimum absolute atomic E-state index is 0. The van der Waals surface area contributed by atoms with E-state index in [0.29, 0.717) is 6.54 Å². The lowest BCUT2D eigenvalue weighted by Gasteiger charge is -2.16. The Morgan fingerprint density at radius 2 is 1.82 bits per heavy atom. The summed E-state index contributed by atoms with van der Waals surface area (Å²) in [7, 11) is -3.09. The van der Waals surface area contributed by atoms with E-state index in [1.807, 2.05) is 38.1 Å². The Balaban J connectivity index is 0.00000441. The largest absolute Gasteiger partial charge is 0.354 e. The molecule has 1 rings (SSSR count). The third-order valence-corrected chi connectivity index (χ3v) is 4.34. The number of amides is 1. The van der Waals surface area contributed by atoms with Gasteiger partial charge in [-0.1, -0.05) is 36.8 Å². The Kier molecular flexibility index (Phi) is 8.66. The standard InChI is InChI=1S/C15H24N2O3S.ClH/c1-11-4-6-13(7-5-11)12(2)10-17-15(18)14(16)8-9-21(3,19)20;/h4-7,12,14H,8-10,16H2,1-3H3,(H,17,18);1H. The van der Waals surface area contributed by atoms with Gasteiger partial charge in [-0.15, -0.1) is 12.4 Å². The van der Waals surface area contributed by atoms with Crippen molar-refractivity contribution in [2.75, 3.05) is 18.6 Å². The number of hydrogen-bond acceptors (Lipinski definition) is 4. The fraction of sp³-hybridized carbons (Fsp3) is 0.533. The minimum atomic E-state index is -3.09. The molecule has 1 aromatic carbocycles. The molecule has 0 aliphatic rings. The molecular formula is C15H25ClN2O3S. The molecule has 0 spiro atoms. The van der Waals surface area contributed by atoms with Crippen molar-refractivity contribution in [3.05, 3.63) is 35.4 Å². The number of benzene rings is 1. The van der Waals surface area contributed by atoms with Gasteiger partial charge in [0, 0.05) is 12.8 Å². The van der Waals surface area contributed by atoms with Gasteiger partial charge < -0.3 is 11.1 Å². The van der Waals surface area contributed by atoms with Crippen LogP contribution in [-0.4, -0.2) is 38.9 Å². The lowest BCUT2D eigenvalue weighted by atomic mass is 10.00. The van der Waals surface area contributed by atoms with Crippen LogP contribution in [0.2, 0.25) is 0 Å². The first-order valence-corrected chi connectivity index (χ1v) is 9.02. The average Bonchev–Trinajstić information content (AvgIpc) is 2.41. The molecule has 0 saturated heterocycles. The normalized spacial score (nSPS) is 13.8. The molecule has 0 aliphatic heterocycles. The summed E-state index contributed by atoms with van der Waals surface area (Å²) >= 11 is 0. The number of hydrogen-bond donors (Lipinski definition) is 2. The van der Waals surface area contributed by atoms with Crippen LogP contribution >= 0.6 is 12.4 Å². The van der Waals surface area contributed by atoms with Crippen LogP contribution in [0.4, 0.5) is 0 Å². The highest BCUT2D eigenvalue weighted by molar-refractivity contribution is 7.90. The van der Waals surface area contributed by atoms with Gasteiger partial charge in [-0.2, -0.15) is 0 Å². The summed E-state index contributed by atoms with van der Waals surface area (Å²) in [6.45, 7) is 4.53. The summed E-state index contributed by atoms with van der Waals surface area (Å²) in [5, 5.41) is 2.77. The zero-order valence-electron chi connectivity index (χ0n) is 13.2. The van der Waals surface area contributed by atoms with Gasteiger partial charge in [-0.05, 0) is 24.8 Å². The van der Waals surface area contributed by atoms with Gasteiger partial charge in [0.2, 0.25) is 5.91 Å². The second kappa shape index (κ2) is 9.12. The Morgan fingerprint density at radius 3 is 2.32 bits per heavy atom. The number of carbonyl (C=O) groups is 1. The summed E-state index contributed by atoms with van der Waals surface area (Å²) in [4.78, 5) is 11.8. The highest BCUT2D eigenvalue weighted by atomic mass is 35.5. The highest BCUT2D eigenvalue weighted by Gasteiger charge is 2.16. The van der Waals surface area contributed by atoms with Crippen molar-refractivity contribution in [1.29, 1.82) is 0 Å². The Morgan fingerprint density at radius 1 is 1.27 bits per heavy atom. The second-order valence-electron chi connectivity index (χ2n) is 5.58. The van der Waals surface area contributed by atoms with E-state index in [1.165, 1.54) is 5.56 Å². The van der Waals surface area contributed by atoms with Crippen LogP contribution < -0.4 is 11.1 Å². The quantitative estimate of drug-likeness (QED) is 0.779. The van der Waals surface area contributed by atoms with E-state index in [0.717, 1.165) is 11.8 Å². The molecule has 0 radical (unpaired) electrons. The number of nitrogens with one attached hydrogen (secondary N) is 1. The van der Waals surface area contributed by atoms with Crippen molar-refractivity contribution in [2.45, 2.75) is 32.2 Å². The average molecular weight is 349 g/mol. The second-order valence-corrected chi connectivity index (χ2v) is 7.84. The molecule has 2 unspecified atom stereocenters. The molecule has 0 heterocycles. The predicted octanol–water partition coefficient (Wildman–Crippen LogP) is 1.40. The lowest BCUT2D eigenvalue weighted by Crippen LogP contribution is -2.42. The van der Waals surface area contributed by atoms with E-state index in [4.69, 9.17) is 5.73 Å². The molecule has 0 aromatic heterocycles. The van der Waals surface area contributed by atoms with Crippen LogP contribution in [-0.2, 0) is 14.6 Å². The minimum Gasteiger partial charge on any atom is -0.354 e. The topological polar surface area (TPSA) is 89.3 Å². The molecule has 7 heteroatoms. The first kappa shape index (κ1) is 20.9. The maximum absolute atomic E-state index is 11.8. The molecule has 0 fully saturated rings. The van der Waals surface area contributed by atoms with Crippen molar-refractivity contribution in [1.82, 2.24) is 5.32 Å². The number of aryl methyl sites for hydroxylation is 1. The zero-order valence-corrected chi connectivity index (χ0v) is 14.8. The fourth-order valence-electron chi connectivity index (χ4n) is 1.87. The molecule has 1 amide bonds. The Bertz CT molecular complexity index is 573. The maximum atomic E-state index is 11.8. The van der Waals surface area contributed by atoms with Gasteiger partial charge in [0.25, 0.3) is 0 Å². The van der Waals surface area contributed by atoms with Crippen LogP contribution in [0.25, 0.3) is 0 Å². The van der Waals surface area contributed by atoms with Gasteiger partial charge in [0.1, 0.15) is 9.84 Å². The van der Waals surface area contributed by atoms with Gasteiger partial charge >= 0.3 is 0 Å². The molecule has 0 saturated carbocycles. The maximum Gasteiger partial charge on any atom is 0.236 e. The van der Waals surface area contributed by atoms with Crippen molar-refractivity contribution in [3.8, 4) is 0 Å². The smallest absolute Gasteiger partial charge is 0.236 e. The number of carbonyl (C=O) groups excluding carboxylic acids is 1. The van der Waals surface area contributed by atoms with E-state index >= 15 is 0 Å². The summed E-state index contributed by atoms with van der Waals surface area (Å²) < 4.78 is 22.1. The van der Waals surface area contributed by atoms with E-state index in [2.05, 4.69) is 5.32 Å². The summed E-state index contributed by atoms with van der Waals surface area (Å²) in [6.07, 6.45) is 1.28. The van der Waals surface area contributed by atoms with Crippen molar-refractivity contribution in [2.24, 2.45) is 5.73 Å². The first-order valence-electron chi connectivity index (χ1n) is 6.96. The van der Waals surface area contributed by atoms with E-state index in [1.54, 1.807) is 0 Å². The third-order valence-electron chi connectivity index (χ3n) is 3.37. The first-order chi connectivity index (χ1) is 9.69. The van der Waals surface area contributed by atoms with Crippen LogP contribution in [0.15, 0.2) is 24.3 Å². The summed E-state index contributed by atoms with van der Waals surface area (Å²) in [5.74, 6) is -0.205. The van der Waals surface area contributed by atoms with Gasteiger partial charge in [0.05, 0.1) is 11.8 Å². The third kappa shape index (κ3) is 7.77. The zero-order chi connectivity index (χ0) is 16.0. The van der Waals surface area contributed by atoms with Crippen molar-refractivity contribution in [3.63, 3.8) is 0 Å². The molecular weight excluding hydrogens is 324 g/mol. The summed E-state index contributed by atoms with van der Waals surface area (Å²) in [5.41, 5.74) is 8.03. The Hall–Kier alpha value is -1.11. The highest BCUT2D eigenvalue weighted by Crippen LogP contribution is 2.14. The van der Waals surface area contributed by atoms with E-state index in [9.17, 15) is 13.2 Å². The van der Waals surface area contributed by atoms with Crippen LogP contribution in [0, 0.1) is 6.92 Å². The lowest BCUT2D eigenvalue weighted by molar-refractivity contribution is -0.122. The van der Waals surface area contributed by atoms with Gasteiger partial charge in [-0.25, -0.2) is 8.42 Å². The van der Waals surface area contributed by atoms with Crippen molar-refractivity contribution >= 4 is 28.2 Å². The molecule has 2 atom stereocenters. The molecule has 22 heavy (non-hydrogen) atoms. The fourth-order valence-corrected chi connectivity index (χ4v) is 2.55. The molecule has 126 valence electrons. The number of nitrogens with two attached hydrogens (primary N) is 1. The molecule has 1 aromatic rings. The van der Waals surface area contributed by atoms with E-state index in [-0.39, 0.29) is 36.4 Å². The molecule has 5 nitrogen and oxygen atoms in total. The molecule has 0 aliphatic carbocycles. The molecule has 0 bridgehead atoms. The van der Waals surface area contributed by atoms with Crippen molar-refractivity contribution < 1.29 is 13.2 Å². The number of halogens is 1. The molecule has 3 N–H and O–H groups in total. The number of rotatable bonds is 7. The van der Waals surface area contributed by atoms with Crippen LogP contribution in [0.1, 0.15) is 30.4 Å². The van der Waals surface area contributed by atoms with Gasteiger partial charge in [0.15, 0.2) is 0 Å². The predicted molar refractivity (Wildman–Crippen MR) is 92.2 cm³/mol. The van der Waals surface area contributed by atoms with Crippen LogP contribution in [0.3, 0.4) is 0 Å². The SMILES string of the molecule is Cc1ccc(C(C)CNC(=O)C(N)CCS(C)(=O)=O)cc1.Cl. The van der Waals surface area contributed by atoms with Gasteiger partial charge in [-0.3, -0.25) is 4.79 Å². The monoisotopic (exact) mass is 348 g/mol. The number of sulfone groups is 1. The summed E-state index contributed by atoms with van der Waals surface area (Å²) in [6, 6.07) is 7.35.